The minimum absolute atomic E-state index is 0.135. The van der Waals surface area contributed by atoms with Gasteiger partial charge in [0.2, 0.25) is 0 Å². The standard InChI is InChI=1S/C19H19F3N4O/c1-25-12-23-15-6-5-13(9-16(15)25)17-11-26(7-8-27-17)10-14-3-2-4-18(24-14)19(20,21)22/h2-6,9,12,17H,7-8,10-11H2,1H3. The molecule has 2 aromatic heterocycles. The van der Waals surface area contributed by atoms with Gasteiger partial charge in [-0.15, -0.1) is 0 Å². The summed E-state index contributed by atoms with van der Waals surface area (Å²) in [4.78, 5) is 10.2. The lowest BCUT2D eigenvalue weighted by Crippen LogP contribution is -2.38. The predicted octanol–water partition coefficient (Wildman–Crippen LogP) is 3.56. The van der Waals surface area contributed by atoms with Crippen LogP contribution in [0.5, 0.6) is 0 Å². The molecule has 0 aliphatic carbocycles. The Balaban J connectivity index is 1.50. The summed E-state index contributed by atoms with van der Waals surface area (Å²) >= 11 is 0. The number of hydrogen-bond donors (Lipinski definition) is 0. The molecule has 0 spiro atoms. The van der Waals surface area contributed by atoms with E-state index in [1.807, 2.05) is 23.7 Å². The molecule has 1 unspecified atom stereocenters. The van der Waals surface area contributed by atoms with Gasteiger partial charge in [-0.25, -0.2) is 9.97 Å². The minimum atomic E-state index is -4.43. The molecule has 1 fully saturated rings. The minimum Gasteiger partial charge on any atom is -0.371 e. The Morgan fingerprint density at radius 2 is 2.07 bits per heavy atom. The zero-order valence-corrected chi connectivity index (χ0v) is 14.8. The van der Waals surface area contributed by atoms with Gasteiger partial charge in [0, 0.05) is 26.7 Å². The molecular formula is C19H19F3N4O. The molecular weight excluding hydrogens is 357 g/mol. The van der Waals surface area contributed by atoms with E-state index in [0.717, 1.165) is 22.7 Å². The fourth-order valence-corrected chi connectivity index (χ4v) is 3.35. The number of aromatic nitrogens is 3. The predicted molar refractivity (Wildman–Crippen MR) is 93.9 cm³/mol. The first-order chi connectivity index (χ1) is 12.9. The molecule has 5 nitrogen and oxygen atoms in total. The van der Waals surface area contributed by atoms with Gasteiger partial charge >= 0.3 is 6.18 Å². The van der Waals surface area contributed by atoms with Gasteiger partial charge in [0.05, 0.1) is 35.8 Å². The van der Waals surface area contributed by atoms with Gasteiger partial charge in [0.1, 0.15) is 5.69 Å². The molecule has 3 aromatic rings. The van der Waals surface area contributed by atoms with Crippen molar-refractivity contribution < 1.29 is 17.9 Å². The van der Waals surface area contributed by atoms with Crippen molar-refractivity contribution in [1.82, 2.24) is 19.4 Å². The maximum absolute atomic E-state index is 12.9. The van der Waals surface area contributed by atoms with Crippen LogP contribution < -0.4 is 0 Å². The number of hydrogen-bond acceptors (Lipinski definition) is 4. The molecule has 3 heterocycles. The number of alkyl halides is 3. The van der Waals surface area contributed by atoms with Crippen LogP contribution in [0.1, 0.15) is 23.1 Å². The first kappa shape index (κ1) is 17.9. The second kappa shape index (κ2) is 6.94. The summed E-state index contributed by atoms with van der Waals surface area (Å²) in [7, 11) is 1.94. The maximum Gasteiger partial charge on any atom is 0.433 e. The number of ether oxygens (including phenoxy) is 1. The van der Waals surface area contributed by atoms with E-state index in [9.17, 15) is 13.2 Å². The highest BCUT2D eigenvalue weighted by atomic mass is 19.4. The van der Waals surface area contributed by atoms with Crippen molar-refractivity contribution in [3.05, 3.63) is 59.7 Å². The molecule has 0 amide bonds. The van der Waals surface area contributed by atoms with Crippen molar-refractivity contribution in [2.45, 2.75) is 18.8 Å². The van der Waals surface area contributed by atoms with Crippen LogP contribution in [0.4, 0.5) is 13.2 Å². The van der Waals surface area contributed by atoms with E-state index in [-0.39, 0.29) is 6.10 Å². The molecule has 27 heavy (non-hydrogen) atoms. The van der Waals surface area contributed by atoms with Gasteiger partial charge in [-0.1, -0.05) is 12.1 Å². The topological polar surface area (TPSA) is 43.2 Å². The summed E-state index contributed by atoms with van der Waals surface area (Å²) < 4.78 is 46.4. The molecule has 1 aliphatic rings. The molecule has 4 rings (SSSR count). The summed E-state index contributed by atoms with van der Waals surface area (Å²) in [5.74, 6) is 0. The van der Waals surface area contributed by atoms with E-state index >= 15 is 0 Å². The van der Waals surface area contributed by atoms with Gasteiger partial charge in [0.25, 0.3) is 0 Å². The molecule has 0 bridgehead atoms. The van der Waals surface area contributed by atoms with Gasteiger partial charge in [-0.05, 0) is 29.8 Å². The molecule has 0 saturated carbocycles. The van der Waals surface area contributed by atoms with Crippen molar-refractivity contribution in [2.24, 2.45) is 7.05 Å². The van der Waals surface area contributed by atoms with Crippen LogP contribution in [0.25, 0.3) is 11.0 Å². The fraction of sp³-hybridized carbons (Fsp3) is 0.368. The Kier molecular flexibility index (Phi) is 4.61. The number of halogens is 3. The van der Waals surface area contributed by atoms with Gasteiger partial charge in [-0.2, -0.15) is 13.2 Å². The Morgan fingerprint density at radius 3 is 2.89 bits per heavy atom. The largest absolute Gasteiger partial charge is 0.433 e. The van der Waals surface area contributed by atoms with Crippen LogP contribution >= 0.6 is 0 Å². The van der Waals surface area contributed by atoms with E-state index in [1.165, 1.54) is 6.07 Å². The number of aryl methyl sites for hydroxylation is 1. The van der Waals surface area contributed by atoms with Crippen LogP contribution in [0.15, 0.2) is 42.7 Å². The van der Waals surface area contributed by atoms with E-state index in [0.29, 0.717) is 31.9 Å². The van der Waals surface area contributed by atoms with E-state index in [1.54, 1.807) is 12.4 Å². The number of morpholine rings is 1. The molecule has 1 aliphatic heterocycles. The zero-order chi connectivity index (χ0) is 19.0. The molecule has 1 atom stereocenters. The first-order valence-electron chi connectivity index (χ1n) is 8.68. The van der Waals surface area contributed by atoms with Crippen LogP contribution in [0.2, 0.25) is 0 Å². The average molecular weight is 376 g/mol. The number of benzene rings is 1. The fourth-order valence-electron chi connectivity index (χ4n) is 3.35. The second-order valence-corrected chi connectivity index (χ2v) is 6.71. The third-order valence-corrected chi connectivity index (χ3v) is 4.75. The highest BCUT2D eigenvalue weighted by Gasteiger charge is 2.32. The monoisotopic (exact) mass is 376 g/mol. The van der Waals surface area contributed by atoms with Crippen molar-refractivity contribution in [3.8, 4) is 0 Å². The van der Waals surface area contributed by atoms with Crippen molar-refractivity contribution >= 4 is 11.0 Å². The number of pyridine rings is 1. The molecule has 0 N–H and O–H groups in total. The number of fused-ring (bicyclic) bond motifs is 1. The third kappa shape index (κ3) is 3.81. The third-order valence-electron chi connectivity index (χ3n) is 4.75. The summed E-state index contributed by atoms with van der Waals surface area (Å²) in [6, 6.07) is 10.0. The van der Waals surface area contributed by atoms with Crippen LogP contribution in [0, 0.1) is 0 Å². The summed E-state index contributed by atoms with van der Waals surface area (Å²) in [6.45, 7) is 2.13. The first-order valence-corrected chi connectivity index (χ1v) is 8.68. The average Bonchev–Trinajstić information content (AvgIpc) is 3.02. The number of imidazole rings is 1. The number of nitrogens with zero attached hydrogens (tertiary/aromatic N) is 4. The molecule has 142 valence electrons. The Labute approximate surface area is 154 Å². The van der Waals surface area contributed by atoms with Crippen molar-refractivity contribution in [2.75, 3.05) is 19.7 Å². The lowest BCUT2D eigenvalue weighted by Gasteiger charge is -2.33. The molecule has 1 saturated heterocycles. The Bertz CT molecular complexity index is 954. The van der Waals surface area contributed by atoms with Crippen LogP contribution in [-0.4, -0.2) is 39.1 Å². The lowest BCUT2D eigenvalue weighted by atomic mass is 10.1. The van der Waals surface area contributed by atoms with Crippen LogP contribution in [-0.2, 0) is 24.5 Å². The van der Waals surface area contributed by atoms with Gasteiger partial charge in [0.15, 0.2) is 0 Å². The molecule has 0 radical (unpaired) electrons. The van der Waals surface area contributed by atoms with E-state index in [4.69, 9.17) is 4.74 Å². The normalized spacial score (nSPS) is 18.9. The maximum atomic E-state index is 12.9. The quantitative estimate of drug-likeness (QED) is 0.701. The second-order valence-electron chi connectivity index (χ2n) is 6.71. The smallest absolute Gasteiger partial charge is 0.371 e. The van der Waals surface area contributed by atoms with Gasteiger partial charge < -0.3 is 9.30 Å². The summed E-state index contributed by atoms with van der Waals surface area (Å²) in [5.41, 5.74) is 2.53. The Morgan fingerprint density at radius 1 is 1.22 bits per heavy atom. The summed E-state index contributed by atoms with van der Waals surface area (Å²) in [6.07, 6.45) is -2.80. The SMILES string of the molecule is Cn1cnc2ccc(C3CN(Cc4cccc(C(F)(F)F)n4)CCO3)cc21. The summed E-state index contributed by atoms with van der Waals surface area (Å²) in [5, 5.41) is 0. The molecule has 8 heteroatoms. The highest BCUT2D eigenvalue weighted by Crippen LogP contribution is 2.29. The lowest BCUT2D eigenvalue weighted by molar-refractivity contribution is -0.141. The highest BCUT2D eigenvalue weighted by molar-refractivity contribution is 5.76. The molecule has 1 aromatic carbocycles. The van der Waals surface area contributed by atoms with Crippen LogP contribution in [0.3, 0.4) is 0 Å². The van der Waals surface area contributed by atoms with Gasteiger partial charge in [-0.3, -0.25) is 4.90 Å². The zero-order valence-electron chi connectivity index (χ0n) is 14.8. The van der Waals surface area contributed by atoms with Crippen molar-refractivity contribution in [1.29, 1.82) is 0 Å². The number of rotatable bonds is 3. The van der Waals surface area contributed by atoms with Crippen molar-refractivity contribution in [3.63, 3.8) is 0 Å². The van der Waals surface area contributed by atoms with E-state index < -0.39 is 11.9 Å². The Hall–Kier alpha value is -2.45. The van der Waals surface area contributed by atoms with E-state index in [2.05, 4.69) is 20.9 Å².